The van der Waals surface area contributed by atoms with Crippen molar-refractivity contribution in [3.8, 4) is 0 Å². The third-order valence-corrected chi connectivity index (χ3v) is 6.09. The summed E-state index contributed by atoms with van der Waals surface area (Å²) in [5, 5.41) is 5.70. The van der Waals surface area contributed by atoms with Crippen LogP contribution in [0.3, 0.4) is 0 Å². The number of urea groups is 1. The maximum Gasteiger partial charge on any atom is 0.322 e. The monoisotopic (exact) mass is 400 g/mol. The number of thiophene rings is 1. The molecule has 0 aliphatic carbocycles. The number of aromatic nitrogens is 2. The molecular weight excluding hydrogens is 376 g/mol. The summed E-state index contributed by atoms with van der Waals surface area (Å²) in [5.41, 5.74) is 0. The summed E-state index contributed by atoms with van der Waals surface area (Å²) in [6.07, 6.45) is 4.92. The Morgan fingerprint density at radius 3 is 2.32 bits per heavy atom. The van der Waals surface area contributed by atoms with Gasteiger partial charge in [0.05, 0.1) is 5.00 Å². The normalized spacial score (nSPS) is 18.2. The van der Waals surface area contributed by atoms with E-state index >= 15 is 0 Å². The lowest BCUT2D eigenvalue weighted by molar-refractivity contribution is -0.137. The molecule has 0 bridgehead atoms. The van der Waals surface area contributed by atoms with Gasteiger partial charge < -0.3 is 14.7 Å². The smallest absolute Gasteiger partial charge is 0.322 e. The summed E-state index contributed by atoms with van der Waals surface area (Å²) in [6, 6.07) is 5.52. The van der Waals surface area contributed by atoms with Crippen LogP contribution in [0.25, 0.3) is 0 Å². The van der Waals surface area contributed by atoms with Crippen LogP contribution in [0.2, 0.25) is 0 Å². The third-order valence-electron chi connectivity index (χ3n) is 5.31. The van der Waals surface area contributed by atoms with Gasteiger partial charge in [-0.2, -0.15) is 0 Å². The van der Waals surface area contributed by atoms with E-state index in [1.165, 1.54) is 11.3 Å². The summed E-state index contributed by atoms with van der Waals surface area (Å²) >= 11 is 1.51. The number of hydrogen-bond acceptors (Lipinski definition) is 6. The highest BCUT2D eigenvalue weighted by molar-refractivity contribution is 7.14. The fourth-order valence-electron chi connectivity index (χ4n) is 3.70. The van der Waals surface area contributed by atoms with E-state index in [-0.39, 0.29) is 17.9 Å². The van der Waals surface area contributed by atoms with Crippen molar-refractivity contribution in [2.75, 3.05) is 49.5 Å². The van der Waals surface area contributed by atoms with E-state index in [4.69, 9.17) is 0 Å². The summed E-state index contributed by atoms with van der Waals surface area (Å²) in [7, 11) is 0. The van der Waals surface area contributed by atoms with Gasteiger partial charge >= 0.3 is 6.03 Å². The number of piperidine rings is 1. The van der Waals surface area contributed by atoms with Gasteiger partial charge in [0.1, 0.15) is 0 Å². The van der Waals surface area contributed by atoms with Crippen molar-refractivity contribution in [3.05, 3.63) is 36.0 Å². The van der Waals surface area contributed by atoms with Gasteiger partial charge in [0.25, 0.3) is 0 Å². The number of nitrogens with one attached hydrogen (secondary N) is 1. The first-order chi connectivity index (χ1) is 13.7. The second kappa shape index (κ2) is 8.55. The lowest BCUT2D eigenvalue weighted by Crippen LogP contribution is -2.52. The molecule has 0 radical (unpaired) electrons. The Balaban J connectivity index is 1.24. The van der Waals surface area contributed by atoms with Crippen molar-refractivity contribution >= 4 is 34.2 Å². The van der Waals surface area contributed by atoms with Crippen LogP contribution in [-0.4, -0.2) is 71.0 Å². The van der Waals surface area contributed by atoms with Gasteiger partial charge in [-0.3, -0.25) is 10.1 Å². The van der Waals surface area contributed by atoms with E-state index in [1.807, 2.05) is 22.4 Å². The number of hydrogen-bond donors (Lipinski definition) is 1. The van der Waals surface area contributed by atoms with Crippen LogP contribution in [0.4, 0.5) is 15.7 Å². The van der Waals surface area contributed by atoms with Crippen molar-refractivity contribution < 1.29 is 9.59 Å². The topological polar surface area (TPSA) is 81.7 Å². The van der Waals surface area contributed by atoms with Crippen LogP contribution in [0.1, 0.15) is 12.8 Å². The molecule has 8 nitrogen and oxygen atoms in total. The molecule has 0 saturated carbocycles. The van der Waals surface area contributed by atoms with Crippen molar-refractivity contribution in [1.82, 2.24) is 19.8 Å². The lowest BCUT2D eigenvalue weighted by atomic mass is 9.95. The zero-order chi connectivity index (χ0) is 19.3. The van der Waals surface area contributed by atoms with Crippen LogP contribution in [0.5, 0.6) is 0 Å². The molecule has 0 aromatic carbocycles. The Morgan fingerprint density at radius 1 is 0.964 bits per heavy atom. The number of carbonyl (C=O) groups excluding carboxylic acids is 2. The van der Waals surface area contributed by atoms with Crippen molar-refractivity contribution in [2.45, 2.75) is 12.8 Å². The Kier molecular flexibility index (Phi) is 5.70. The lowest BCUT2D eigenvalue weighted by Gasteiger charge is -2.38. The van der Waals surface area contributed by atoms with Crippen LogP contribution < -0.4 is 10.2 Å². The van der Waals surface area contributed by atoms with Crippen LogP contribution in [0.15, 0.2) is 36.0 Å². The average molecular weight is 401 g/mol. The summed E-state index contributed by atoms with van der Waals surface area (Å²) < 4.78 is 0. The van der Waals surface area contributed by atoms with E-state index in [1.54, 1.807) is 23.4 Å². The largest absolute Gasteiger partial charge is 0.339 e. The Hall–Kier alpha value is -2.68. The second-order valence-corrected chi connectivity index (χ2v) is 7.98. The third kappa shape index (κ3) is 4.24. The minimum Gasteiger partial charge on any atom is -0.339 e. The average Bonchev–Trinajstić information content (AvgIpc) is 3.27. The van der Waals surface area contributed by atoms with Gasteiger partial charge in [-0.25, -0.2) is 14.8 Å². The molecule has 2 aromatic rings. The van der Waals surface area contributed by atoms with Gasteiger partial charge in [-0.05, 0) is 36.4 Å². The van der Waals surface area contributed by atoms with Gasteiger partial charge in [-0.1, -0.05) is 0 Å². The molecule has 2 fully saturated rings. The van der Waals surface area contributed by atoms with Gasteiger partial charge in [0.2, 0.25) is 11.9 Å². The Labute approximate surface area is 168 Å². The van der Waals surface area contributed by atoms with Crippen molar-refractivity contribution in [2.24, 2.45) is 5.92 Å². The fourth-order valence-corrected chi connectivity index (χ4v) is 4.31. The molecule has 0 atom stereocenters. The summed E-state index contributed by atoms with van der Waals surface area (Å²) in [4.78, 5) is 39.6. The first-order valence-corrected chi connectivity index (χ1v) is 10.5. The highest BCUT2D eigenvalue weighted by Gasteiger charge is 2.32. The van der Waals surface area contributed by atoms with E-state index in [0.29, 0.717) is 26.2 Å². The second-order valence-electron chi connectivity index (χ2n) is 7.03. The number of carbonyl (C=O) groups is 2. The molecule has 2 aliphatic heterocycles. The predicted molar refractivity (Wildman–Crippen MR) is 108 cm³/mol. The molecule has 28 heavy (non-hydrogen) atoms. The Bertz CT molecular complexity index is 784. The minimum atomic E-state index is -0.0789. The van der Waals surface area contributed by atoms with E-state index in [9.17, 15) is 9.59 Å². The number of likely N-dealkylation sites (tertiary alicyclic amines) is 1. The molecule has 0 spiro atoms. The molecule has 0 unspecified atom stereocenters. The highest BCUT2D eigenvalue weighted by Crippen LogP contribution is 2.23. The van der Waals surface area contributed by atoms with Crippen molar-refractivity contribution in [3.63, 3.8) is 0 Å². The standard InChI is InChI=1S/C19H24N6O2S/c26-17(23-10-12-24(13-11-23)18-20-6-2-7-21-18)15-4-8-25(9-5-15)19(27)22-16-3-1-14-28-16/h1-3,6-7,14-15H,4-5,8-13H2,(H,22,27). The van der Waals surface area contributed by atoms with Gasteiger partial charge in [-0.15, -0.1) is 11.3 Å². The summed E-state index contributed by atoms with van der Waals surface area (Å²) in [5.74, 6) is 0.942. The molecule has 2 aromatic heterocycles. The van der Waals surface area contributed by atoms with E-state index in [0.717, 1.165) is 36.9 Å². The Morgan fingerprint density at radius 2 is 1.68 bits per heavy atom. The number of anilines is 2. The number of rotatable bonds is 3. The predicted octanol–water partition coefficient (Wildman–Crippen LogP) is 2.13. The molecule has 4 rings (SSSR count). The zero-order valence-corrected chi connectivity index (χ0v) is 16.5. The molecule has 4 heterocycles. The van der Waals surface area contributed by atoms with Gasteiger partial charge in [0.15, 0.2) is 0 Å². The molecular formula is C19H24N6O2S. The molecule has 9 heteroatoms. The van der Waals surface area contributed by atoms with Crippen LogP contribution in [0, 0.1) is 5.92 Å². The molecule has 1 N–H and O–H groups in total. The maximum atomic E-state index is 12.9. The van der Waals surface area contributed by atoms with Crippen LogP contribution in [-0.2, 0) is 4.79 Å². The van der Waals surface area contributed by atoms with E-state index in [2.05, 4.69) is 20.2 Å². The summed E-state index contributed by atoms with van der Waals surface area (Å²) in [6.45, 7) is 4.11. The maximum absolute atomic E-state index is 12.9. The fraction of sp³-hybridized carbons (Fsp3) is 0.474. The van der Waals surface area contributed by atoms with Gasteiger partial charge in [0, 0.05) is 57.6 Å². The van der Waals surface area contributed by atoms with E-state index < -0.39 is 0 Å². The zero-order valence-electron chi connectivity index (χ0n) is 15.7. The molecule has 2 saturated heterocycles. The van der Waals surface area contributed by atoms with Crippen molar-refractivity contribution in [1.29, 1.82) is 0 Å². The minimum absolute atomic E-state index is 0.00492. The quantitative estimate of drug-likeness (QED) is 0.854. The van der Waals surface area contributed by atoms with Crippen LogP contribution >= 0.6 is 11.3 Å². The SMILES string of the molecule is O=C(Nc1cccs1)N1CCC(C(=O)N2CCN(c3ncccn3)CC2)CC1. The number of piperazine rings is 1. The number of amides is 3. The molecule has 148 valence electrons. The molecule has 3 amide bonds. The number of nitrogens with zero attached hydrogens (tertiary/aromatic N) is 5. The molecule has 2 aliphatic rings. The first-order valence-electron chi connectivity index (χ1n) is 9.61. The highest BCUT2D eigenvalue weighted by atomic mass is 32.1. The first kappa shape index (κ1) is 18.7.